The van der Waals surface area contributed by atoms with Gasteiger partial charge in [0.25, 0.3) is 0 Å². The highest BCUT2D eigenvalue weighted by molar-refractivity contribution is 6.35. The van der Waals surface area contributed by atoms with Crippen molar-refractivity contribution in [2.24, 2.45) is 11.3 Å². The molecular formula is C25H26Cl2N2O3. The number of benzene rings is 2. The second-order valence-corrected chi connectivity index (χ2v) is 10.4. The van der Waals surface area contributed by atoms with E-state index in [1.54, 1.807) is 41.3 Å². The average molecular weight is 473 g/mol. The Balaban J connectivity index is 2.08. The van der Waals surface area contributed by atoms with E-state index in [4.69, 9.17) is 23.2 Å². The number of hydrogen-bond donors (Lipinski definition) is 2. The highest BCUT2D eigenvalue weighted by atomic mass is 35.5. The van der Waals surface area contributed by atoms with Crippen LogP contribution in [0.2, 0.25) is 10.0 Å². The number of Topliss-reactive ketones (excluding diaryl/α,β-unsaturated/α-hetero) is 1. The molecule has 0 aromatic heterocycles. The number of aromatic hydroxyl groups is 1. The Kier molecular flexibility index (Phi) is 5.76. The van der Waals surface area contributed by atoms with E-state index in [-0.39, 0.29) is 28.8 Å². The Morgan fingerprint density at radius 1 is 1.19 bits per heavy atom. The summed E-state index contributed by atoms with van der Waals surface area (Å²) in [6.07, 6.45) is 0.939. The lowest BCUT2D eigenvalue weighted by molar-refractivity contribution is -0.122. The fraction of sp³-hybridized carbons (Fsp3) is 0.360. The first-order valence-electron chi connectivity index (χ1n) is 10.6. The molecular weight excluding hydrogens is 447 g/mol. The lowest BCUT2D eigenvalue weighted by atomic mass is 9.73. The molecule has 1 aliphatic carbocycles. The first kappa shape index (κ1) is 22.7. The van der Waals surface area contributed by atoms with Gasteiger partial charge in [-0.05, 0) is 41.7 Å². The number of rotatable bonds is 2. The molecule has 2 N–H and O–H groups in total. The predicted octanol–water partition coefficient (Wildman–Crippen LogP) is 6.50. The number of amides is 1. The molecule has 1 unspecified atom stereocenters. The van der Waals surface area contributed by atoms with Crippen LogP contribution in [-0.2, 0) is 9.59 Å². The molecule has 0 fully saturated rings. The molecule has 0 bridgehead atoms. The molecule has 7 heteroatoms. The van der Waals surface area contributed by atoms with Gasteiger partial charge in [-0.1, -0.05) is 63.0 Å². The minimum atomic E-state index is -0.746. The van der Waals surface area contributed by atoms with Crippen molar-refractivity contribution in [2.45, 2.75) is 46.6 Å². The van der Waals surface area contributed by atoms with Crippen molar-refractivity contribution in [2.75, 3.05) is 10.2 Å². The largest absolute Gasteiger partial charge is 0.506 e. The van der Waals surface area contributed by atoms with Gasteiger partial charge in [-0.3, -0.25) is 14.5 Å². The molecule has 0 saturated carbocycles. The number of fused-ring (bicyclic) bond motifs is 1. The summed E-state index contributed by atoms with van der Waals surface area (Å²) < 4.78 is 0. The fourth-order valence-electron chi connectivity index (χ4n) is 4.58. The van der Waals surface area contributed by atoms with Gasteiger partial charge in [-0.15, -0.1) is 0 Å². The van der Waals surface area contributed by atoms with Crippen LogP contribution in [0.25, 0.3) is 0 Å². The zero-order chi connectivity index (χ0) is 23.4. The standard InChI is InChI=1S/C25H26Cl2N2O3/c1-13(2)24(32)29-18-6-5-7-19(30)22(18)28-17-11-25(3,4)12-20(31)21(17)23(29)15-9-8-14(26)10-16(15)27/h5-10,13,23,28,30H,11-12H2,1-4H3. The molecule has 1 atom stereocenters. The van der Waals surface area contributed by atoms with E-state index in [0.29, 0.717) is 51.1 Å². The van der Waals surface area contributed by atoms with Crippen LogP contribution in [0, 0.1) is 11.3 Å². The van der Waals surface area contributed by atoms with E-state index in [0.717, 1.165) is 0 Å². The molecule has 32 heavy (non-hydrogen) atoms. The summed E-state index contributed by atoms with van der Waals surface area (Å²) in [6.45, 7) is 7.69. The topological polar surface area (TPSA) is 69.6 Å². The van der Waals surface area contributed by atoms with E-state index in [9.17, 15) is 14.7 Å². The van der Waals surface area contributed by atoms with Crippen molar-refractivity contribution < 1.29 is 14.7 Å². The van der Waals surface area contributed by atoms with Crippen molar-refractivity contribution in [1.82, 2.24) is 0 Å². The molecule has 1 heterocycles. The third-order valence-electron chi connectivity index (χ3n) is 6.00. The predicted molar refractivity (Wildman–Crippen MR) is 128 cm³/mol. The highest BCUT2D eigenvalue weighted by Crippen LogP contribution is 2.51. The molecule has 0 spiro atoms. The van der Waals surface area contributed by atoms with E-state index in [1.165, 1.54) is 0 Å². The highest BCUT2D eigenvalue weighted by Gasteiger charge is 2.44. The van der Waals surface area contributed by atoms with Crippen molar-refractivity contribution in [3.05, 3.63) is 63.3 Å². The molecule has 4 rings (SSSR count). The lowest BCUT2D eigenvalue weighted by Crippen LogP contribution is -2.41. The number of phenolic OH excluding ortho intramolecular Hbond substituents is 1. The second kappa shape index (κ2) is 8.13. The smallest absolute Gasteiger partial charge is 0.230 e. The minimum Gasteiger partial charge on any atom is -0.506 e. The van der Waals surface area contributed by atoms with E-state index in [2.05, 4.69) is 5.32 Å². The van der Waals surface area contributed by atoms with Crippen LogP contribution >= 0.6 is 23.2 Å². The summed E-state index contributed by atoms with van der Waals surface area (Å²) in [7, 11) is 0. The molecule has 5 nitrogen and oxygen atoms in total. The summed E-state index contributed by atoms with van der Waals surface area (Å²) in [5.41, 5.74) is 2.46. The van der Waals surface area contributed by atoms with Gasteiger partial charge >= 0.3 is 0 Å². The third-order valence-corrected chi connectivity index (χ3v) is 6.56. The maximum Gasteiger partial charge on any atom is 0.230 e. The number of carbonyl (C=O) groups excluding carboxylic acids is 2. The quantitative estimate of drug-likeness (QED) is 0.489. The number of para-hydroxylation sites is 1. The Morgan fingerprint density at radius 2 is 1.91 bits per heavy atom. The summed E-state index contributed by atoms with van der Waals surface area (Å²) in [5.74, 6) is -0.569. The van der Waals surface area contributed by atoms with Gasteiger partial charge in [0.15, 0.2) is 5.78 Å². The van der Waals surface area contributed by atoms with Crippen molar-refractivity contribution in [3.63, 3.8) is 0 Å². The number of ketones is 1. The van der Waals surface area contributed by atoms with Crippen LogP contribution in [0.1, 0.15) is 52.1 Å². The van der Waals surface area contributed by atoms with Crippen LogP contribution in [0.4, 0.5) is 11.4 Å². The zero-order valence-electron chi connectivity index (χ0n) is 18.5. The summed E-state index contributed by atoms with van der Waals surface area (Å²) >= 11 is 12.8. The number of hydrogen-bond acceptors (Lipinski definition) is 4. The Morgan fingerprint density at radius 3 is 2.56 bits per heavy atom. The van der Waals surface area contributed by atoms with Gasteiger partial charge in [0.2, 0.25) is 5.91 Å². The van der Waals surface area contributed by atoms with Gasteiger partial charge in [0.1, 0.15) is 11.4 Å². The molecule has 1 amide bonds. The number of allylic oxidation sites excluding steroid dienone is 1. The normalized spacial score (nSPS) is 19.9. The van der Waals surface area contributed by atoms with E-state index in [1.807, 2.05) is 27.7 Å². The average Bonchev–Trinajstić information content (AvgIpc) is 2.82. The number of anilines is 2. The van der Waals surface area contributed by atoms with Crippen molar-refractivity contribution >= 4 is 46.3 Å². The van der Waals surface area contributed by atoms with Crippen LogP contribution in [0.5, 0.6) is 5.75 Å². The van der Waals surface area contributed by atoms with Crippen LogP contribution in [0.15, 0.2) is 47.7 Å². The van der Waals surface area contributed by atoms with Crippen molar-refractivity contribution in [1.29, 1.82) is 0 Å². The van der Waals surface area contributed by atoms with Crippen LogP contribution in [-0.4, -0.2) is 16.8 Å². The lowest BCUT2D eigenvalue weighted by Gasteiger charge is -2.38. The minimum absolute atomic E-state index is 0.00888. The van der Waals surface area contributed by atoms with Gasteiger partial charge in [-0.2, -0.15) is 0 Å². The number of phenols is 1. The zero-order valence-corrected chi connectivity index (χ0v) is 20.0. The second-order valence-electron chi connectivity index (χ2n) is 9.56. The number of carbonyl (C=O) groups is 2. The first-order valence-corrected chi connectivity index (χ1v) is 11.4. The van der Waals surface area contributed by atoms with E-state index >= 15 is 0 Å². The maximum absolute atomic E-state index is 13.6. The van der Waals surface area contributed by atoms with Crippen molar-refractivity contribution in [3.8, 4) is 5.75 Å². The molecule has 2 aromatic rings. The molecule has 168 valence electrons. The van der Waals surface area contributed by atoms with Crippen LogP contribution in [0.3, 0.4) is 0 Å². The van der Waals surface area contributed by atoms with Gasteiger partial charge in [0, 0.05) is 33.7 Å². The summed E-state index contributed by atoms with van der Waals surface area (Å²) in [6, 6.07) is 9.37. The molecule has 2 aromatic carbocycles. The molecule has 0 saturated heterocycles. The van der Waals surface area contributed by atoms with E-state index < -0.39 is 6.04 Å². The first-order chi connectivity index (χ1) is 15.0. The number of nitrogens with zero attached hydrogens (tertiary/aromatic N) is 1. The van der Waals surface area contributed by atoms with Gasteiger partial charge in [0.05, 0.1) is 11.7 Å². The number of halogens is 2. The molecule has 2 aliphatic rings. The fourth-order valence-corrected chi connectivity index (χ4v) is 5.09. The maximum atomic E-state index is 13.6. The molecule has 0 radical (unpaired) electrons. The summed E-state index contributed by atoms with van der Waals surface area (Å²) in [5, 5.41) is 14.9. The van der Waals surface area contributed by atoms with Gasteiger partial charge < -0.3 is 10.4 Å². The Hall–Kier alpha value is -2.50. The monoisotopic (exact) mass is 472 g/mol. The number of nitrogens with one attached hydrogen (secondary N) is 1. The molecule has 1 aliphatic heterocycles. The van der Waals surface area contributed by atoms with Crippen LogP contribution < -0.4 is 10.2 Å². The van der Waals surface area contributed by atoms with Gasteiger partial charge in [-0.25, -0.2) is 0 Å². The Labute approximate surface area is 198 Å². The Bertz CT molecular complexity index is 1150. The SMILES string of the molecule is CC(C)C(=O)N1c2cccc(O)c2NC2=C(C(=O)CC(C)(C)C2)C1c1ccc(Cl)cc1Cl. The summed E-state index contributed by atoms with van der Waals surface area (Å²) in [4.78, 5) is 28.8. The third kappa shape index (κ3) is 3.89.